The summed E-state index contributed by atoms with van der Waals surface area (Å²) in [6, 6.07) is 6.52. The van der Waals surface area contributed by atoms with Crippen molar-refractivity contribution in [2.75, 3.05) is 18.1 Å². The molecule has 2 heterocycles. The first-order valence-electron chi connectivity index (χ1n) is 9.73. The molecule has 1 saturated heterocycles. The van der Waals surface area contributed by atoms with E-state index in [1.165, 1.54) is 12.8 Å². The Hall–Kier alpha value is -1.62. The molecule has 0 radical (unpaired) electrons. The maximum absolute atomic E-state index is 12.7. The molecule has 2 aromatic rings. The molecule has 27 heavy (non-hydrogen) atoms. The molecule has 0 spiro atoms. The lowest BCUT2D eigenvalue weighted by atomic mass is 9.65. The zero-order chi connectivity index (χ0) is 19.4. The number of anilines is 1. The van der Waals surface area contributed by atoms with Gasteiger partial charge in [0.15, 0.2) is 0 Å². The normalized spacial score (nSPS) is 26.4. The van der Waals surface area contributed by atoms with Gasteiger partial charge in [0, 0.05) is 28.6 Å². The second-order valence-electron chi connectivity index (χ2n) is 9.24. The molecule has 0 N–H and O–H groups in total. The Bertz CT molecular complexity index is 911. The van der Waals surface area contributed by atoms with Crippen molar-refractivity contribution in [3.8, 4) is 0 Å². The van der Waals surface area contributed by atoms with Gasteiger partial charge < -0.3 is 9.64 Å². The fraction of sp³-hybridized carbons (Fsp3) is 0.545. The van der Waals surface area contributed by atoms with Crippen LogP contribution in [0.4, 0.5) is 5.69 Å². The van der Waals surface area contributed by atoms with E-state index >= 15 is 0 Å². The molecule has 0 amide bonds. The third kappa shape index (κ3) is 3.35. The van der Waals surface area contributed by atoms with Crippen LogP contribution in [0.5, 0.6) is 0 Å². The molecule has 1 aliphatic carbocycles. The highest BCUT2D eigenvalue weighted by Crippen LogP contribution is 2.54. The molecule has 144 valence electrons. The first kappa shape index (κ1) is 18.7. The van der Waals surface area contributed by atoms with Crippen molar-refractivity contribution >= 4 is 38.5 Å². The minimum absolute atomic E-state index is 0.278. The van der Waals surface area contributed by atoms with E-state index in [1.54, 1.807) is 6.20 Å². The SMILES string of the molecule is CCOC(=O)c1cnc2ccc(Br)cc2c1N1C[C@]2(C)C[C@@H]1CC(C)(C)C2. The smallest absolute Gasteiger partial charge is 0.341 e. The number of carbonyl (C=O) groups is 1. The summed E-state index contributed by atoms with van der Waals surface area (Å²) in [5, 5.41) is 1.02. The fourth-order valence-electron chi connectivity index (χ4n) is 5.54. The van der Waals surface area contributed by atoms with Gasteiger partial charge in [0.05, 0.1) is 17.8 Å². The van der Waals surface area contributed by atoms with E-state index in [0.29, 0.717) is 23.6 Å². The Balaban J connectivity index is 1.90. The van der Waals surface area contributed by atoms with Gasteiger partial charge in [0.2, 0.25) is 0 Å². The Labute approximate surface area is 169 Å². The molecule has 4 rings (SSSR count). The van der Waals surface area contributed by atoms with Gasteiger partial charge in [-0.3, -0.25) is 4.98 Å². The number of nitrogens with zero attached hydrogens (tertiary/aromatic N) is 2. The van der Waals surface area contributed by atoms with Gasteiger partial charge in [-0.25, -0.2) is 4.79 Å². The quantitative estimate of drug-likeness (QED) is 0.595. The van der Waals surface area contributed by atoms with E-state index < -0.39 is 0 Å². The van der Waals surface area contributed by atoms with Crippen LogP contribution < -0.4 is 4.90 Å². The van der Waals surface area contributed by atoms with Gasteiger partial charge in [-0.05, 0) is 55.2 Å². The van der Waals surface area contributed by atoms with Gasteiger partial charge in [-0.1, -0.05) is 36.7 Å². The van der Waals surface area contributed by atoms with E-state index in [9.17, 15) is 4.79 Å². The molecule has 2 atom stereocenters. The Morgan fingerprint density at radius 2 is 2.11 bits per heavy atom. The van der Waals surface area contributed by atoms with E-state index in [0.717, 1.165) is 34.0 Å². The second-order valence-corrected chi connectivity index (χ2v) is 10.2. The van der Waals surface area contributed by atoms with Crippen molar-refractivity contribution in [1.29, 1.82) is 0 Å². The minimum Gasteiger partial charge on any atom is -0.462 e. The number of aromatic nitrogens is 1. The van der Waals surface area contributed by atoms with Crippen LogP contribution in [0.2, 0.25) is 0 Å². The van der Waals surface area contributed by atoms with Crippen molar-refractivity contribution < 1.29 is 9.53 Å². The van der Waals surface area contributed by atoms with E-state index in [-0.39, 0.29) is 11.4 Å². The van der Waals surface area contributed by atoms with Crippen LogP contribution in [0.3, 0.4) is 0 Å². The molecule has 4 nitrogen and oxygen atoms in total. The molecule has 1 aliphatic heterocycles. The number of benzene rings is 1. The van der Waals surface area contributed by atoms with Gasteiger partial charge in [0.1, 0.15) is 5.56 Å². The number of hydrogen-bond donors (Lipinski definition) is 0. The standard InChI is InChI=1S/C22H27BrN2O2/c1-5-27-20(26)17-11-24-18-7-6-14(23)8-16(18)19(17)25-13-22(4)10-15(25)9-21(2,3)12-22/h6-8,11,15H,5,9-10,12-13H2,1-4H3/t15-,22+/m0/s1. The number of rotatable bonds is 3. The second kappa shape index (κ2) is 6.47. The van der Waals surface area contributed by atoms with Crippen molar-refractivity contribution in [1.82, 2.24) is 4.98 Å². The molecular formula is C22H27BrN2O2. The molecular weight excluding hydrogens is 404 g/mol. The third-order valence-electron chi connectivity index (χ3n) is 6.00. The predicted octanol–water partition coefficient (Wildman–Crippen LogP) is 5.58. The number of hydrogen-bond acceptors (Lipinski definition) is 4. The Morgan fingerprint density at radius 3 is 2.85 bits per heavy atom. The van der Waals surface area contributed by atoms with Crippen LogP contribution in [-0.2, 0) is 4.74 Å². The summed E-state index contributed by atoms with van der Waals surface area (Å²) < 4.78 is 6.36. The number of esters is 1. The first-order chi connectivity index (χ1) is 12.7. The molecule has 5 heteroatoms. The molecule has 2 bridgehead atoms. The highest BCUT2D eigenvalue weighted by atomic mass is 79.9. The van der Waals surface area contributed by atoms with Crippen molar-refractivity contribution in [2.24, 2.45) is 10.8 Å². The number of carbonyl (C=O) groups excluding carboxylic acids is 1. The topological polar surface area (TPSA) is 42.4 Å². The van der Waals surface area contributed by atoms with Gasteiger partial charge in [-0.15, -0.1) is 0 Å². The summed E-state index contributed by atoms with van der Waals surface area (Å²) in [5.74, 6) is -0.285. The average Bonchev–Trinajstić information content (AvgIpc) is 2.82. The maximum Gasteiger partial charge on any atom is 0.341 e. The zero-order valence-electron chi connectivity index (χ0n) is 16.5. The summed E-state index contributed by atoms with van der Waals surface area (Å²) >= 11 is 3.59. The lowest BCUT2D eigenvalue weighted by molar-refractivity contribution is 0.0526. The number of fused-ring (bicyclic) bond motifs is 3. The van der Waals surface area contributed by atoms with Crippen LogP contribution in [0.15, 0.2) is 28.9 Å². The van der Waals surface area contributed by atoms with E-state index in [2.05, 4.69) is 52.7 Å². The maximum atomic E-state index is 12.7. The molecule has 2 aliphatic rings. The van der Waals surface area contributed by atoms with E-state index in [1.807, 2.05) is 19.1 Å². The Kier molecular flexibility index (Phi) is 4.49. The molecule has 0 unspecified atom stereocenters. The average molecular weight is 431 g/mol. The summed E-state index contributed by atoms with van der Waals surface area (Å²) in [4.78, 5) is 19.8. The fourth-order valence-corrected chi connectivity index (χ4v) is 5.90. The molecule has 1 aromatic carbocycles. The van der Waals surface area contributed by atoms with Crippen LogP contribution in [0.25, 0.3) is 10.9 Å². The number of halogens is 1. The van der Waals surface area contributed by atoms with Crippen molar-refractivity contribution in [2.45, 2.75) is 53.0 Å². The van der Waals surface area contributed by atoms with Gasteiger partial charge >= 0.3 is 5.97 Å². The van der Waals surface area contributed by atoms with E-state index in [4.69, 9.17) is 4.74 Å². The van der Waals surface area contributed by atoms with Crippen LogP contribution in [0.1, 0.15) is 57.3 Å². The predicted molar refractivity (Wildman–Crippen MR) is 112 cm³/mol. The van der Waals surface area contributed by atoms with Gasteiger partial charge in [0.25, 0.3) is 0 Å². The monoisotopic (exact) mass is 430 g/mol. The summed E-state index contributed by atoms with van der Waals surface area (Å²) in [5.41, 5.74) is 3.08. The lowest BCUT2D eigenvalue weighted by Crippen LogP contribution is -2.35. The van der Waals surface area contributed by atoms with Crippen molar-refractivity contribution in [3.05, 3.63) is 34.4 Å². The van der Waals surface area contributed by atoms with Crippen molar-refractivity contribution in [3.63, 3.8) is 0 Å². The largest absolute Gasteiger partial charge is 0.462 e. The zero-order valence-corrected chi connectivity index (χ0v) is 18.1. The Morgan fingerprint density at radius 1 is 1.33 bits per heavy atom. The molecule has 2 fully saturated rings. The third-order valence-corrected chi connectivity index (χ3v) is 6.49. The van der Waals surface area contributed by atoms with Crippen LogP contribution >= 0.6 is 15.9 Å². The van der Waals surface area contributed by atoms with Gasteiger partial charge in [-0.2, -0.15) is 0 Å². The molecule has 1 saturated carbocycles. The number of pyridine rings is 1. The van der Waals surface area contributed by atoms with Crippen LogP contribution in [0, 0.1) is 10.8 Å². The lowest BCUT2D eigenvalue weighted by Gasteiger charge is -2.39. The minimum atomic E-state index is -0.285. The molecule has 1 aromatic heterocycles. The number of ether oxygens (including phenoxy) is 1. The highest BCUT2D eigenvalue weighted by Gasteiger charge is 2.50. The summed E-state index contributed by atoms with van der Waals surface area (Å²) in [6.45, 7) is 10.3. The highest BCUT2D eigenvalue weighted by molar-refractivity contribution is 9.10. The van der Waals surface area contributed by atoms with Crippen LogP contribution in [-0.4, -0.2) is 30.1 Å². The summed E-state index contributed by atoms with van der Waals surface area (Å²) in [7, 11) is 0. The first-order valence-corrected chi connectivity index (χ1v) is 10.5. The summed E-state index contributed by atoms with van der Waals surface area (Å²) in [6.07, 6.45) is 5.23.